The quantitative estimate of drug-likeness (QED) is 0.792. The third kappa shape index (κ3) is 2.60. The summed E-state index contributed by atoms with van der Waals surface area (Å²) >= 11 is 0. The highest BCUT2D eigenvalue weighted by Crippen LogP contribution is 2.36. The molecule has 0 N–H and O–H groups in total. The highest BCUT2D eigenvalue weighted by atomic mass is 16.7. The molecule has 2 aromatic rings. The van der Waals surface area contributed by atoms with Crippen molar-refractivity contribution in [2.45, 2.75) is 45.4 Å². The molecule has 1 fully saturated rings. The molecule has 1 aromatic heterocycles. The fourth-order valence-corrected chi connectivity index (χ4v) is 2.95. The first-order valence-corrected chi connectivity index (χ1v) is 8.22. The summed E-state index contributed by atoms with van der Waals surface area (Å²) in [6.45, 7) is 9.15. The maximum absolute atomic E-state index is 12.4. The smallest absolute Gasteiger partial charge is 0.399 e. The number of hydrogen-bond acceptors (Lipinski definition) is 4. The van der Waals surface area contributed by atoms with Gasteiger partial charge in [0, 0.05) is 14.2 Å². The number of aryl methyl sites for hydroxylation is 1. The van der Waals surface area contributed by atoms with E-state index in [0.717, 1.165) is 16.5 Å². The third-order valence-corrected chi connectivity index (χ3v) is 5.21. The Morgan fingerprint density at radius 3 is 2.33 bits per heavy atom. The fraction of sp³-hybridized carbons (Fsp3) is 0.588. The summed E-state index contributed by atoms with van der Waals surface area (Å²) in [6, 6.07) is 5.89. The van der Waals surface area contributed by atoms with E-state index in [0.29, 0.717) is 13.2 Å². The molecule has 0 saturated carbocycles. The molecule has 24 heavy (non-hydrogen) atoms. The summed E-state index contributed by atoms with van der Waals surface area (Å²) in [5, 5.41) is 0. The van der Waals surface area contributed by atoms with Crippen LogP contribution < -0.4 is 11.2 Å². The lowest BCUT2D eigenvalue weighted by atomic mass is 9.79. The molecular formula is C17H25BN2O4. The number of fused-ring (bicyclic) bond motifs is 1. The van der Waals surface area contributed by atoms with E-state index in [2.05, 4.69) is 0 Å². The van der Waals surface area contributed by atoms with E-state index >= 15 is 0 Å². The number of imidazole rings is 1. The van der Waals surface area contributed by atoms with Crippen LogP contribution in [0.1, 0.15) is 27.7 Å². The van der Waals surface area contributed by atoms with E-state index in [1.165, 1.54) is 0 Å². The van der Waals surface area contributed by atoms with Gasteiger partial charge in [0.25, 0.3) is 0 Å². The summed E-state index contributed by atoms with van der Waals surface area (Å²) < 4.78 is 20.7. The first-order chi connectivity index (χ1) is 11.2. The minimum atomic E-state index is -0.433. The van der Waals surface area contributed by atoms with Crippen molar-refractivity contribution in [3.05, 3.63) is 28.7 Å². The molecule has 6 nitrogen and oxygen atoms in total. The van der Waals surface area contributed by atoms with Crippen molar-refractivity contribution < 1.29 is 14.0 Å². The van der Waals surface area contributed by atoms with Crippen LogP contribution in [0.3, 0.4) is 0 Å². The number of ether oxygens (including phenoxy) is 1. The van der Waals surface area contributed by atoms with Crippen LogP contribution in [0.5, 0.6) is 0 Å². The molecule has 130 valence electrons. The van der Waals surface area contributed by atoms with Crippen LogP contribution in [-0.4, -0.2) is 41.2 Å². The molecule has 0 amide bonds. The first kappa shape index (κ1) is 17.3. The summed E-state index contributed by atoms with van der Waals surface area (Å²) in [7, 11) is 2.98. The molecule has 1 aliphatic heterocycles. The van der Waals surface area contributed by atoms with Crippen LogP contribution in [0.2, 0.25) is 0 Å². The molecule has 0 aliphatic carbocycles. The van der Waals surface area contributed by atoms with Gasteiger partial charge in [-0.2, -0.15) is 0 Å². The molecule has 2 heterocycles. The number of benzene rings is 1. The lowest BCUT2D eigenvalue weighted by Crippen LogP contribution is -2.41. The molecule has 0 spiro atoms. The van der Waals surface area contributed by atoms with Crippen LogP contribution in [0.25, 0.3) is 11.0 Å². The minimum Gasteiger partial charge on any atom is -0.399 e. The molecule has 1 saturated heterocycles. The maximum Gasteiger partial charge on any atom is 0.494 e. The van der Waals surface area contributed by atoms with Gasteiger partial charge in [-0.3, -0.25) is 9.13 Å². The van der Waals surface area contributed by atoms with E-state index in [4.69, 9.17) is 14.0 Å². The van der Waals surface area contributed by atoms with Gasteiger partial charge in [-0.15, -0.1) is 0 Å². The summed E-state index contributed by atoms with van der Waals surface area (Å²) in [5.74, 6) is 0. The Morgan fingerprint density at radius 2 is 1.75 bits per heavy atom. The van der Waals surface area contributed by atoms with Gasteiger partial charge in [0.1, 0.15) is 0 Å². The second-order valence-corrected chi connectivity index (χ2v) is 7.32. The predicted molar refractivity (Wildman–Crippen MR) is 94.8 cm³/mol. The zero-order valence-corrected chi connectivity index (χ0v) is 15.3. The second kappa shape index (κ2) is 5.76. The molecule has 0 radical (unpaired) electrons. The average molecular weight is 332 g/mol. The third-order valence-electron chi connectivity index (χ3n) is 5.21. The molecular weight excluding hydrogens is 307 g/mol. The van der Waals surface area contributed by atoms with Crippen LogP contribution >= 0.6 is 0 Å². The Labute approximate surface area is 142 Å². The lowest BCUT2D eigenvalue weighted by Gasteiger charge is -2.32. The standard InChI is InChI=1S/C17H25BN2O4/c1-16(2)17(3,4)24-18(23-16)12-7-8-13-14(11-12)19(5)15(21)20(13)9-10-22-6/h7-8,11H,9-10H2,1-6H3. The van der Waals surface area contributed by atoms with E-state index in [-0.39, 0.29) is 16.9 Å². The van der Waals surface area contributed by atoms with E-state index in [1.54, 1.807) is 23.3 Å². The molecule has 0 bridgehead atoms. The van der Waals surface area contributed by atoms with Crippen molar-refractivity contribution in [3.8, 4) is 0 Å². The van der Waals surface area contributed by atoms with E-state index in [1.807, 2.05) is 45.9 Å². The van der Waals surface area contributed by atoms with E-state index in [9.17, 15) is 4.79 Å². The molecule has 0 atom stereocenters. The Kier molecular flexibility index (Phi) is 4.14. The summed E-state index contributed by atoms with van der Waals surface area (Å²) in [5.41, 5.74) is 1.85. The minimum absolute atomic E-state index is 0.0480. The first-order valence-electron chi connectivity index (χ1n) is 8.22. The maximum atomic E-state index is 12.4. The Morgan fingerprint density at radius 1 is 1.12 bits per heavy atom. The fourth-order valence-electron chi connectivity index (χ4n) is 2.95. The molecule has 1 aliphatic rings. The summed E-state index contributed by atoms with van der Waals surface area (Å²) in [6.07, 6.45) is 0. The van der Waals surface area contributed by atoms with Gasteiger partial charge in [-0.25, -0.2) is 4.79 Å². The van der Waals surface area contributed by atoms with Gasteiger partial charge in [-0.1, -0.05) is 6.07 Å². The highest BCUT2D eigenvalue weighted by Gasteiger charge is 2.51. The van der Waals surface area contributed by atoms with Crippen molar-refractivity contribution in [1.29, 1.82) is 0 Å². The highest BCUT2D eigenvalue weighted by molar-refractivity contribution is 6.62. The number of aromatic nitrogens is 2. The van der Waals surface area contributed by atoms with Crippen LogP contribution in [0.4, 0.5) is 0 Å². The lowest BCUT2D eigenvalue weighted by molar-refractivity contribution is 0.00578. The van der Waals surface area contributed by atoms with Gasteiger partial charge in [0.05, 0.1) is 35.4 Å². The molecule has 1 aromatic carbocycles. The van der Waals surface area contributed by atoms with Gasteiger partial charge >= 0.3 is 12.8 Å². The Hall–Kier alpha value is -1.57. The van der Waals surface area contributed by atoms with Gasteiger partial charge in [0.2, 0.25) is 0 Å². The Bertz CT molecular complexity index is 806. The van der Waals surface area contributed by atoms with Crippen molar-refractivity contribution in [2.75, 3.05) is 13.7 Å². The average Bonchev–Trinajstić information content (AvgIpc) is 2.88. The molecule has 3 rings (SSSR count). The number of hydrogen-bond donors (Lipinski definition) is 0. The number of methoxy groups -OCH3 is 1. The molecule has 7 heteroatoms. The van der Waals surface area contributed by atoms with Crippen LogP contribution in [0, 0.1) is 0 Å². The van der Waals surface area contributed by atoms with Crippen molar-refractivity contribution >= 4 is 23.6 Å². The molecule has 0 unspecified atom stereocenters. The zero-order valence-electron chi connectivity index (χ0n) is 15.3. The van der Waals surface area contributed by atoms with Gasteiger partial charge in [-0.05, 0) is 45.3 Å². The second-order valence-electron chi connectivity index (χ2n) is 7.32. The number of nitrogens with zero attached hydrogens (tertiary/aromatic N) is 2. The van der Waals surface area contributed by atoms with Crippen molar-refractivity contribution in [2.24, 2.45) is 7.05 Å². The SMILES string of the molecule is COCCn1c(=O)n(C)c2cc(B3OC(C)(C)C(C)(C)O3)ccc21. The van der Waals surface area contributed by atoms with Crippen LogP contribution in [0.15, 0.2) is 23.0 Å². The normalized spacial score (nSPS) is 19.3. The topological polar surface area (TPSA) is 54.6 Å². The Balaban J connectivity index is 2.01. The predicted octanol–water partition coefficient (Wildman–Crippen LogP) is 1.29. The largest absolute Gasteiger partial charge is 0.494 e. The van der Waals surface area contributed by atoms with Crippen molar-refractivity contribution in [3.63, 3.8) is 0 Å². The van der Waals surface area contributed by atoms with Crippen LogP contribution in [-0.2, 0) is 27.6 Å². The van der Waals surface area contributed by atoms with Gasteiger partial charge in [0.15, 0.2) is 0 Å². The summed E-state index contributed by atoms with van der Waals surface area (Å²) in [4.78, 5) is 12.4. The van der Waals surface area contributed by atoms with Gasteiger partial charge < -0.3 is 14.0 Å². The van der Waals surface area contributed by atoms with E-state index < -0.39 is 7.12 Å². The number of rotatable bonds is 4. The zero-order chi connectivity index (χ0) is 17.7. The monoisotopic (exact) mass is 332 g/mol. The van der Waals surface area contributed by atoms with Crippen molar-refractivity contribution in [1.82, 2.24) is 9.13 Å².